The molecule has 0 bridgehead atoms. The highest BCUT2D eigenvalue weighted by molar-refractivity contribution is 7.99. The van der Waals surface area contributed by atoms with E-state index in [2.05, 4.69) is 23.2 Å². The van der Waals surface area contributed by atoms with Gasteiger partial charge in [-0.1, -0.05) is 23.9 Å². The van der Waals surface area contributed by atoms with E-state index >= 15 is 0 Å². The van der Waals surface area contributed by atoms with E-state index in [1.54, 1.807) is 7.11 Å². The van der Waals surface area contributed by atoms with Gasteiger partial charge in [-0.3, -0.25) is 0 Å². The lowest BCUT2D eigenvalue weighted by atomic mass is 10.1. The molecule has 1 atom stereocenters. The highest BCUT2D eigenvalue weighted by Crippen LogP contribution is 2.27. The highest BCUT2D eigenvalue weighted by atomic mass is 32.2. The number of aromatic nitrogens is 3. The van der Waals surface area contributed by atoms with Crippen molar-refractivity contribution in [3.8, 4) is 22.9 Å². The molecule has 0 radical (unpaired) electrons. The fraction of sp³-hybridized carbons (Fsp3) is 0.364. The number of aliphatic hydroxyl groups excluding tert-OH is 1. The van der Waals surface area contributed by atoms with Gasteiger partial charge in [-0.25, -0.2) is 0 Å². The van der Waals surface area contributed by atoms with Gasteiger partial charge in [0.25, 0.3) is 0 Å². The monoisotopic (exact) mass is 413 g/mol. The third kappa shape index (κ3) is 4.92. The molecule has 1 aromatic heterocycles. The quantitative estimate of drug-likeness (QED) is 0.564. The minimum absolute atomic E-state index is 0.237. The van der Waals surface area contributed by atoms with Crippen LogP contribution in [0.3, 0.4) is 0 Å². The Morgan fingerprint density at radius 3 is 2.41 bits per heavy atom. The molecule has 0 aliphatic heterocycles. The SMILES string of the molecule is COc1ccc(-c2nnc(SC[C@@H](O)COc3c(C)ccc(C)c3C)n2C)cc1. The molecule has 6 nitrogen and oxygen atoms in total. The number of benzene rings is 2. The molecule has 3 rings (SSSR count). The molecule has 0 fully saturated rings. The Hall–Kier alpha value is -2.51. The zero-order valence-corrected chi connectivity index (χ0v) is 18.3. The number of ether oxygens (including phenoxy) is 2. The number of thioether (sulfide) groups is 1. The standard InChI is InChI=1S/C22H27N3O3S/c1-14-6-7-15(2)20(16(14)3)28-12-18(26)13-29-22-24-23-21(25(22)4)17-8-10-19(27-5)11-9-17/h6-11,18,26H,12-13H2,1-5H3/t18-/m0/s1. The summed E-state index contributed by atoms with van der Waals surface area (Å²) in [5.74, 6) is 2.90. The third-order valence-corrected chi connectivity index (χ3v) is 6.05. The molecule has 29 heavy (non-hydrogen) atoms. The van der Waals surface area contributed by atoms with Crippen molar-refractivity contribution in [3.63, 3.8) is 0 Å². The van der Waals surface area contributed by atoms with Crippen LogP contribution < -0.4 is 9.47 Å². The summed E-state index contributed by atoms with van der Waals surface area (Å²) in [4.78, 5) is 0. The van der Waals surface area contributed by atoms with Gasteiger partial charge in [0.2, 0.25) is 0 Å². The van der Waals surface area contributed by atoms with Crippen LogP contribution in [-0.4, -0.2) is 45.4 Å². The van der Waals surface area contributed by atoms with Gasteiger partial charge in [0.05, 0.1) is 13.2 Å². The van der Waals surface area contributed by atoms with E-state index in [0.717, 1.165) is 39.2 Å². The normalized spacial score (nSPS) is 12.1. The van der Waals surface area contributed by atoms with Crippen LogP contribution in [0, 0.1) is 20.8 Å². The Morgan fingerprint density at radius 1 is 1.03 bits per heavy atom. The first-order valence-electron chi connectivity index (χ1n) is 9.45. The van der Waals surface area contributed by atoms with Crippen LogP contribution in [0.5, 0.6) is 11.5 Å². The first kappa shape index (κ1) is 21.2. The van der Waals surface area contributed by atoms with Crippen molar-refractivity contribution in [2.24, 2.45) is 7.05 Å². The minimum atomic E-state index is -0.611. The van der Waals surface area contributed by atoms with E-state index in [9.17, 15) is 5.11 Å². The van der Waals surface area contributed by atoms with E-state index in [1.165, 1.54) is 17.3 Å². The number of methoxy groups -OCH3 is 1. The van der Waals surface area contributed by atoms with E-state index in [0.29, 0.717) is 5.75 Å². The van der Waals surface area contributed by atoms with Crippen LogP contribution in [0.15, 0.2) is 41.6 Å². The average Bonchev–Trinajstić information content (AvgIpc) is 3.09. The van der Waals surface area contributed by atoms with Gasteiger partial charge < -0.3 is 19.1 Å². The molecule has 7 heteroatoms. The van der Waals surface area contributed by atoms with E-state index in [-0.39, 0.29) is 6.61 Å². The minimum Gasteiger partial charge on any atom is -0.497 e. The van der Waals surface area contributed by atoms with Crippen molar-refractivity contribution in [3.05, 3.63) is 53.1 Å². The second kappa shape index (κ2) is 9.33. The molecule has 2 aromatic carbocycles. The summed E-state index contributed by atoms with van der Waals surface area (Å²) in [6, 6.07) is 11.8. The summed E-state index contributed by atoms with van der Waals surface area (Å²) in [7, 11) is 3.56. The summed E-state index contributed by atoms with van der Waals surface area (Å²) in [5.41, 5.74) is 4.33. The van der Waals surface area contributed by atoms with Gasteiger partial charge in [0.1, 0.15) is 18.1 Å². The van der Waals surface area contributed by atoms with Gasteiger partial charge in [0.15, 0.2) is 11.0 Å². The molecule has 1 N–H and O–H groups in total. The Kier molecular flexibility index (Phi) is 6.82. The van der Waals surface area contributed by atoms with Gasteiger partial charge >= 0.3 is 0 Å². The Labute approximate surface area is 175 Å². The number of rotatable bonds is 8. The van der Waals surface area contributed by atoms with Gasteiger partial charge in [-0.15, -0.1) is 10.2 Å². The zero-order chi connectivity index (χ0) is 21.0. The fourth-order valence-corrected chi connectivity index (χ4v) is 3.79. The van der Waals surface area contributed by atoms with E-state index < -0.39 is 6.10 Å². The van der Waals surface area contributed by atoms with E-state index in [1.807, 2.05) is 55.8 Å². The largest absolute Gasteiger partial charge is 0.497 e. The number of hydrogen-bond donors (Lipinski definition) is 1. The Bertz CT molecular complexity index is 970. The molecule has 0 amide bonds. The lowest BCUT2D eigenvalue weighted by Gasteiger charge is -2.16. The van der Waals surface area contributed by atoms with Crippen molar-refractivity contribution in [2.75, 3.05) is 19.5 Å². The molecule has 0 spiro atoms. The first-order valence-corrected chi connectivity index (χ1v) is 10.4. The summed E-state index contributed by atoms with van der Waals surface area (Å²) in [6.45, 7) is 6.35. The van der Waals surface area contributed by atoms with Gasteiger partial charge in [0, 0.05) is 18.4 Å². The Morgan fingerprint density at radius 2 is 1.72 bits per heavy atom. The van der Waals surface area contributed by atoms with Crippen LogP contribution in [0.4, 0.5) is 0 Å². The van der Waals surface area contributed by atoms with Crippen molar-refractivity contribution >= 4 is 11.8 Å². The van der Waals surface area contributed by atoms with Crippen molar-refractivity contribution in [1.29, 1.82) is 0 Å². The predicted octanol–water partition coefficient (Wildman–Crippen LogP) is 3.95. The predicted molar refractivity (Wildman–Crippen MR) is 116 cm³/mol. The molecule has 154 valence electrons. The zero-order valence-electron chi connectivity index (χ0n) is 17.5. The van der Waals surface area contributed by atoms with Crippen LogP contribution in [0.25, 0.3) is 11.4 Å². The number of aliphatic hydroxyl groups is 1. The topological polar surface area (TPSA) is 69.4 Å². The average molecular weight is 414 g/mol. The van der Waals surface area contributed by atoms with Crippen LogP contribution in [0.2, 0.25) is 0 Å². The first-order chi connectivity index (χ1) is 13.9. The lowest BCUT2D eigenvalue weighted by molar-refractivity contribution is 0.125. The van der Waals surface area contributed by atoms with Gasteiger partial charge in [-0.05, 0) is 61.7 Å². The second-order valence-corrected chi connectivity index (χ2v) is 8.01. The molecule has 0 saturated carbocycles. The van der Waals surface area contributed by atoms with Crippen LogP contribution in [-0.2, 0) is 7.05 Å². The molecule has 1 heterocycles. The van der Waals surface area contributed by atoms with Crippen LogP contribution >= 0.6 is 11.8 Å². The molecule has 3 aromatic rings. The van der Waals surface area contributed by atoms with Crippen molar-refractivity contribution < 1.29 is 14.6 Å². The number of aryl methyl sites for hydroxylation is 2. The highest BCUT2D eigenvalue weighted by Gasteiger charge is 2.15. The smallest absolute Gasteiger partial charge is 0.191 e. The summed E-state index contributed by atoms with van der Waals surface area (Å²) >= 11 is 1.46. The lowest BCUT2D eigenvalue weighted by Crippen LogP contribution is -2.21. The third-order valence-electron chi connectivity index (χ3n) is 4.88. The maximum Gasteiger partial charge on any atom is 0.191 e. The molecular formula is C22H27N3O3S. The number of hydrogen-bond acceptors (Lipinski definition) is 6. The van der Waals surface area contributed by atoms with E-state index in [4.69, 9.17) is 9.47 Å². The van der Waals surface area contributed by atoms with Crippen molar-refractivity contribution in [1.82, 2.24) is 14.8 Å². The molecule has 0 aliphatic rings. The number of nitrogens with zero attached hydrogens (tertiary/aromatic N) is 3. The molecule has 0 unspecified atom stereocenters. The maximum absolute atomic E-state index is 10.4. The molecule has 0 saturated heterocycles. The van der Waals surface area contributed by atoms with Crippen molar-refractivity contribution in [2.45, 2.75) is 32.0 Å². The maximum atomic E-state index is 10.4. The summed E-state index contributed by atoms with van der Waals surface area (Å²) in [6.07, 6.45) is -0.611. The summed E-state index contributed by atoms with van der Waals surface area (Å²) in [5, 5.41) is 19.7. The van der Waals surface area contributed by atoms with Gasteiger partial charge in [-0.2, -0.15) is 0 Å². The fourth-order valence-electron chi connectivity index (χ4n) is 2.98. The van der Waals surface area contributed by atoms with Crippen LogP contribution in [0.1, 0.15) is 16.7 Å². The molecule has 0 aliphatic carbocycles. The Balaban J connectivity index is 1.59. The molecular weight excluding hydrogens is 386 g/mol. The second-order valence-electron chi connectivity index (χ2n) is 7.02. The summed E-state index contributed by atoms with van der Waals surface area (Å²) < 4.78 is 13.0.